The van der Waals surface area contributed by atoms with Crippen molar-refractivity contribution in [2.45, 2.75) is 58.2 Å². The van der Waals surface area contributed by atoms with Gasteiger partial charge in [-0.2, -0.15) is 0 Å². The monoisotopic (exact) mass is 308 g/mol. The first-order chi connectivity index (χ1) is 10.8. The molecule has 0 aromatic rings. The molecule has 1 fully saturated rings. The summed E-state index contributed by atoms with van der Waals surface area (Å²) < 4.78 is 23.3. The van der Waals surface area contributed by atoms with Gasteiger partial charge >= 0.3 is 0 Å². The van der Waals surface area contributed by atoms with E-state index < -0.39 is 0 Å². The first-order valence-electron chi connectivity index (χ1n) is 8.66. The number of allylic oxidation sites excluding steroid dienone is 4. The molecule has 0 radical (unpaired) electrons. The van der Waals surface area contributed by atoms with Crippen LogP contribution in [-0.2, 0) is 18.9 Å². The van der Waals surface area contributed by atoms with E-state index in [4.69, 9.17) is 18.9 Å². The maximum Gasteiger partial charge on any atom is 0.263 e. The molecule has 4 nitrogen and oxygen atoms in total. The highest BCUT2D eigenvalue weighted by Crippen LogP contribution is 2.32. The fourth-order valence-corrected chi connectivity index (χ4v) is 3.08. The van der Waals surface area contributed by atoms with Gasteiger partial charge in [0.2, 0.25) is 0 Å². The molecule has 0 N–H and O–H groups in total. The van der Waals surface area contributed by atoms with Gasteiger partial charge in [-0.25, -0.2) is 0 Å². The highest BCUT2D eigenvalue weighted by atomic mass is 16.7. The highest BCUT2D eigenvalue weighted by molar-refractivity contribution is 5.02. The van der Waals surface area contributed by atoms with Gasteiger partial charge in [0.25, 0.3) is 6.29 Å². The summed E-state index contributed by atoms with van der Waals surface area (Å²) in [5.41, 5.74) is 0.212. The third-order valence-corrected chi connectivity index (χ3v) is 4.79. The van der Waals surface area contributed by atoms with Crippen molar-refractivity contribution in [1.82, 2.24) is 0 Å². The average molecular weight is 308 g/mol. The van der Waals surface area contributed by atoms with Crippen LogP contribution in [0.25, 0.3) is 0 Å². The Kier molecular flexibility index (Phi) is 5.42. The molecule has 0 bridgehead atoms. The van der Waals surface area contributed by atoms with E-state index in [-0.39, 0.29) is 11.7 Å². The Bertz CT molecular complexity index is 391. The molecule has 0 unspecified atom stereocenters. The van der Waals surface area contributed by atoms with E-state index >= 15 is 0 Å². The van der Waals surface area contributed by atoms with Crippen molar-refractivity contribution in [3.8, 4) is 0 Å². The Morgan fingerprint density at radius 2 is 1.73 bits per heavy atom. The van der Waals surface area contributed by atoms with E-state index in [0.29, 0.717) is 6.61 Å². The largest absolute Gasteiger partial charge is 0.457 e. The molecule has 3 rings (SSSR count). The lowest BCUT2D eigenvalue weighted by molar-refractivity contribution is -0.178. The summed E-state index contributed by atoms with van der Waals surface area (Å²) >= 11 is 0. The van der Waals surface area contributed by atoms with Gasteiger partial charge in [-0.15, -0.1) is 0 Å². The molecule has 1 aliphatic heterocycles. The standard InChI is InChI=1S/C18H28O4/c1-2-18(13-20-14-18)12-19-11-17(21-15-7-3-4-8-15)22-16-9-5-6-10-16/h7,9,17H,2-6,8,10-14H2,1H3. The minimum Gasteiger partial charge on any atom is -0.457 e. The fourth-order valence-electron chi connectivity index (χ4n) is 3.08. The van der Waals surface area contributed by atoms with E-state index in [0.717, 1.165) is 63.4 Å². The number of ether oxygens (including phenoxy) is 4. The van der Waals surface area contributed by atoms with Crippen LogP contribution in [0.1, 0.15) is 51.9 Å². The maximum atomic E-state index is 6.02. The summed E-state index contributed by atoms with van der Waals surface area (Å²) in [5.74, 6) is 2.12. The fraction of sp³-hybridized carbons (Fsp3) is 0.778. The van der Waals surface area contributed by atoms with Crippen molar-refractivity contribution in [3.63, 3.8) is 0 Å². The van der Waals surface area contributed by atoms with Crippen LogP contribution in [0.2, 0.25) is 0 Å². The second kappa shape index (κ2) is 7.51. The molecule has 0 atom stereocenters. The van der Waals surface area contributed by atoms with Crippen molar-refractivity contribution in [1.29, 1.82) is 0 Å². The van der Waals surface area contributed by atoms with Gasteiger partial charge in [0.1, 0.15) is 6.61 Å². The van der Waals surface area contributed by atoms with Gasteiger partial charge in [-0.1, -0.05) is 6.92 Å². The van der Waals surface area contributed by atoms with E-state index in [2.05, 4.69) is 19.1 Å². The summed E-state index contributed by atoms with van der Waals surface area (Å²) in [6, 6.07) is 0. The zero-order chi connectivity index (χ0) is 15.3. The van der Waals surface area contributed by atoms with Crippen LogP contribution in [0.5, 0.6) is 0 Å². The van der Waals surface area contributed by atoms with Gasteiger partial charge in [-0.3, -0.25) is 0 Å². The van der Waals surface area contributed by atoms with Gasteiger partial charge in [-0.05, 0) is 44.3 Å². The molecule has 0 spiro atoms. The third kappa shape index (κ3) is 4.05. The summed E-state index contributed by atoms with van der Waals surface area (Å²) in [4.78, 5) is 0. The lowest BCUT2D eigenvalue weighted by Gasteiger charge is -2.40. The minimum atomic E-state index is -0.316. The summed E-state index contributed by atoms with van der Waals surface area (Å²) in [5, 5.41) is 0. The molecule has 0 saturated carbocycles. The van der Waals surface area contributed by atoms with E-state index in [1.807, 2.05) is 0 Å². The van der Waals surface area contributed by atoms with E-state index in [9.17, 15) is 0 Å². The summed E-state index contributed by atoms with van der Waals surface area (Å²) in [7, 11) is 0. The zero-order valence-corrected chi connectivity index (χ0v) is 13.6. The van der Waals surface area contributed by atoms with Crippen LogP contribution in [0.3, 0.4) is 0 Å². The van der Waals surface area contributed by atoms with E-state index in [1.165, 1.54) is 12.8 Å². The average Bonchev–Trinajstić information content (AvgIpc) is 3.15. The SMILES string of the molecule is CCC1(COCC(OC2=CCCC2)OC2=CCCC2)COC1. The van der Waals surface area contributed by atoms with Crippen LogP contribution < -0.4 is 0 Å². The number of hydrogen-bond acceptors (Lipinski definition) is 4. The Labute approximate surface area is 133 Å². The third-order valence-electron chi connectivity index (χ3n) is 4.79. The van der Waals surface area contributed by atoms with E-state index in [1.54, 1.807) is 0 Å². The van der Waals surface area contributed by atoms with Gasteiger partial charge in [0.05, 0.1) is 31.3 Å². The Balaban J connectivity index is 1.48. The van der Waals surface area contributed by atoms with Crippen molar-refractivity contribution >= 4 is 0 Å². The first kappa shape index (κ1) is 15.9. The summed E-state index contributed by atoms with van der Waals surface area (Å²) in [6.45, 7) is 5.03. The van der Waals surface area contributed by atoms with Crippen molar-refractivity contribution in [3.05, 3.63) is 23.7 Å². The molecule has 3 aliphatic rings. The van der Waals surface area contributed by atoms with Crippen molar-refractivity contribution in [2.24, 2.45) is 5.41 Å². The molecule has 2 aliphatic carbocycles. The molecular formula is C18H28O4. The molecule has 4 heteroatoms. The molecule has 1 heterocycles. The Hall–Kier alpha value is -1.00. The van der Waals surface area contributed by atoms with Crippen molar-refractivity contribution < 1.29 is 18.9 Å². The zero-order valence-electron chi connectivity index (χ0n) is 13.6. The Morgan fingerprint density at radius 3 is 2.14 bits per heavy atom. The van der Waals surface area contributed by atoms with Crippen LogP contribution in [0.15, 0.2) is 23.7 Å². The molecular weight excluding hydrogens is 280 g/mol. The van der Waals surface area contributed by atoms with Crippen LogP contribution in [0.4, 0.5) is 0 Å². The topological polar surface area (TPSA) is 36.9 Å². The summed E-state index contributed by atoms with van der Waals surface area (Å²) in [6.07, 6.45) is 11.8. The smallest absolute Gasteiger partial charge is 0.263 e. The first-order valence-corrected chi connectivity index (χ1v) is 8.66. The predicted molar refractivity (Wildman–Crippen MR) is 84.2 cm³/mol. The number of hydrogen-bond donors (Lipinski definition) is 0. The molecule has 0 aromatic heterocycles. The van der Waals surface area contributed by atoms with Crippen LogP contribution in [-0.4, -0.2) is 32.7 Å². The Morgan fingerprint density at radius 1 is 1.09 bits per heavy atom. The van der Waals surface area contributed by atoms with Gasteiger partial charge in [0.15, 0.2) is 0 Å². The second-order valence-corrected chi connectivity index (χ2v) is 6.65. The quantitative estimate of drug-likeness (QED) is 0.605. The molecule has 124 valence electrons. The predicted octanol–water partition coefficient (Wildman–Crippen LogP) is 3.92. The minimum absolute atomic E-state index is 0.212. The maximum absolute atomic E-state index is 6.02. The van der Waals surface area contributed by atoms with Crippen molar-refractivity contribution in [2.75, 3.05) is 26.4 Å². The van der Waals surface area contributed by atoms with Gasteiger partial charge in [0, 0.05) is 18.3 Å². The molecule has 1 saturated heterocycles. The molecule has 0 amide bonds. The lowest BCUT2D eigenvalue weighted by atomic mass is 9.84. The second-order valence-electron chi connectivity index (χ2n) is 6.65. The molecule has 0 aromatic carbocycles. The highest BCUT2D eigenvalue weighted by Gasteiger charge is 2.37. The van der Waals surface area contributed by atoms with Crippen LogP contribution >= 0.6 is 0 Å². The number of rotatable bonds is 9. The normalized spacial score (nSPS) is 23.2. The molecule has 22 heavy (non-hydrogen) atoms. The van der Waals surface area contributed by atoms with Gasteiger partial charge < -0.3 is 18.9 Å². The lowest BCUT2D eigenvalue weighted by Crippen LogP contribution is -2.46. The van der Waals surface area contributed by atoms with Crippen LogP contribution in [0, 0.1) is 5.41 Å².